The van der Waals surface area contributed by atoms with Gasteiger partial charge in [-0.15, -0.1) is 0 Å². The standard InChI is InChI=1S/C13H15N3O3S/c1-20-6-5-11(12(17)18)16-13(19)15-10-4-2-3-9(7-10)8-14/h2-4,7,11H,5-6H2,1H3,(H,17,18)(H2,15,16,19)/t11-/m1/s1. The van der Waals surface area contributed by atoms with E-state index in [9.17, 15) is 9.59 Å². The summed E-state index contributed by atoms with van der Waals surface area (Å²) >= 11 is 1.51. The van der Waals surface area contributed by atoms with Crippen molar-refractivity contribution in [2.75, 3.05) is 17.3 Å². The minimum absolute atomic E-state index is 0.349. The van der Waals surface area contributed by atoms with Crippen LogP contribution in [0.3, 0.4) is 0 Å². The van der Waals surface area contributed by atoms with E-state index in [0.29, 0.717) is 23.4 Å². The van der Waals surface area contributed by atoms with Crippen molar-refractivity contribution in [3.05, 3.63) is 29.8 Å². The molecule has 0 aliphatic carbocycles. The third-order valence-electron chi connectivity index (χ3n) is 2.46. The molecule has 0 aromatic heterocycles. The molecule has 0 fully saturated rings. The summed E-state index contributed by atoms with van der Waals surface area (Å²) in [7, 11) is 0. The number of rotatable bonds is 6. The lowest BCUT2D eigenvalue weighted by molar-refractivity contribution is -0.139. The SMILES string of the molecule is CSCC[C@@H](NC(=O)Nc1cccc(C#N)c1)C(=O)O. The molecule has 1 rings (SSSR count). The van der Waals surface area contributed by atoms with Gasteiger partial charge in [0.2, 0.25) is 0 Å². The Morgan fingerprint density at radius 2 is 2.25 bits per heavy atom. The molecule has 7 heteroatoms. The van der Waals surface area contributed by atoms with E-state index in [1.165, 1.54) is 17.8 Å². The highest BCUT2D eigenvalue weighted by molar-refractivity contribution is 7.98. The average Bonchev–Trinajstić information content (AvgIpc) is 2.43. The smallest absolute Gasteiger partial charge is 0.326 e. The Balaban J connectivity index is 2.61. The molecule has 0 spiro atoms. The number of carboxylic acid groups (broad SMARTS) is 1. The van der Waals surface area contributed by atoms with Crippen LogP contribution >= 0.6 is 11.8 Å². The fraction of sp³-hybridized carbons (Fsp3) is 0.308. The minimum atomic E-state index is -1.07. The van der Waals surface area contributed by atoms with Gasteiger partial charge in [0.25, 0.3) is 0 Å². The Morgan fingerprint density at radius 1 is 1.50 bits per heavy atom. The van der Waals surface area contributed by atoms with Crippen molar-refractivity contribution < 1.29 is 14.7 Å². The maximum atomic E-state index is 11.7. The van der Waals surface area contributed by atoms with E-state index in [4.69, 9.17) is 10.4 Å². The van der Waals surface area contributed by atoms with Crippen LogP contribution in [0.4, 0.5) is 10.5 Å². The number of anilines is 1. The van der Waals surface area contributed by atoms with Gasteiger partial charge in [0.1, 0.15) is 6.04 Å². The van der Waals surface area contributed by atoms with Gasteiger partial charge in [0.05, 0.1) is 11.6 Å². The molecule has 0 saturated carbocycles. The Labute approximate surface area is 121 Å². The molecule has 1 atom stereocenters. The van der Waals surface area contributed by atoms with Crippen LogP contribution in [0, 0.1) is 11.3 Å². The third kappa shape index (κ3) is 5.20. The summed E-state index contributed by atoms with van der Waals surface area (Å²) in [5.41, 5.74) is 0.857. The van der Waals surface area contributed by atoms with Crippen LogP contribution in [-0.4, -0.2) is 35.2 Å². The Hall–Kier alpha value is -2.20. The highest BCUT2D eigenvalue weighted by atomic mass is 32.2. The van der Waals surface area contributed by atoms with Crippen LogP contribution in [0.15, 0.2) is 24.3 Å². The lowest BCUT2D eigenvalue weighted by Crippen LogP contribution is -2.43. The first-order valence-corrected chi connectivity index (χ1v) is 7.25. The fourth-order valence-electron chi connectivity index (χ4n) is 1.49. The molecule has 1 aromatic rings. The fourth-order valence-corrected chi connectivity index (χ4v) is 1.96. The number of carbonyl (C=O) groups excluding carboxylic acids is 1. The van der Waals surface area contributed by atoms with Crippen LogP contribution in [0.1, 0.15) is 12.0 Å². The number of carboxylic acids is 1. The second kappa shape index (κ2) is 8.07. The topological polar surface area (TPSA) is 102 Å². The van der Waals surface area contributed by atoms with Crippen molar-refractivity contribution in [1.82, 2.24) is 5.32 Å². The van der Waals surface area contributed by atoms with E-state index >= 15 is 0 Å². The van der Waals surface area contributed by atoms with Crippen LogP contribution < -0.4 is 10.6 Å². The third-order valence-corrected chi connectivity index (χ3v) is 3.11. The molecule has 3 N–H and O–H groups in total. The molecular weight excluding hydrogens is 278 g/mol. The molecular formula is C13H15N3O3S. The van der Waals surface area contributed by atoms with Crippen LogP contribution in [0.5, 0.6) is 0 Å². The van der Waals surface area contributed by atoms with E-state index < -0.39 is 18.0 Å². The number of hydrogen-bond acceptors (Lipinski definition) is 4. The minimum Gasteiger partial charge on any atom is -0.480 e. The largest absolute Gasteiger partial charge is 0.480 e. The van der Waals surface area contributed by atoms with Gasteiger partial charge in [-0.2, -0.15) is 17.0 Å². The van der Waals surface area contributed by atoms with Gasteiger partial charge in [-0.25, -0.2) is 9.59 Å². The average molecular weight is 293 g/mol. The van der Waals surface area contributed by atoms with Crippen LogP contribution in [0.2, 0.25) is 0 Å². The number of urea groups is 1. The number of aliphatic carboxylic acids is 1. The summed E-state index contributed by atoms with van der Waals surface area (Å²) < 4.78 is 0. The van der Waals surface area contributed by atoms with Crippen molar-refractivity contribution in [2.45, 2.75) is 12.5 Å². The van der Waals surface area contributed by atoms with Gasteiger partial charge in [0, 0.05) is 5.69 Å². The molecule has 106 valence electrons. The van der Waals surface area contributed by atoms with Crippen molar-refractivity contribution in [3.8, 4) is 6.07 Å². The number of carbonyl (C=O) groups is 2. The first-order chi connectivity index (χ1) is 9.56. The van der Waals surface area contributed by atoms with E-state index in [1.54, 1.807) is 18.2 Å². The first kappa shape index (κ1) is 15.9. The number of nitrogens with zero attached hydrogens (tertiary/aromatic N) is 1. The molecule has 0 heterocycles. The second-order valence-electron chi connectivity index (χ2n) is 3.96. The van der Waals surface area contributed by atoms with Gasteiger partial charge in [-0.05, 0) is 36.6 Å². The normalized spacial score (nSPS) is 11.2. The highest BCUT2D eigenvalue weighted by Gasteiger charge is 2.19. The number of benzene rings is 1. The van der Waals surface area contributed by atoms with Gasteiger partial charge in [-0.1, -0.05) is 6.07 Å². The Morgan fingerprint density at radius 3 is 2.85 bits per heavy atom. The summed E-state index contributed by atoms with van der Waals surface area (Å²) in [5, 5.41) is 22.7. The number of amides is 2. The van der Waals surface area contributed by atoms with Gasteiger partial charge in [-0.3, -0.25) is 0 Å². The van der Waals surface area contributed by atoms with Gasteiger partial charge >= 0.3 is 12.0 Å². The van der Waals surface area contributed by atoms with Crippen molar-refractivity contribution >= 4 is 29.4 Å². The molecule has 0 unspecified atom stereocenters. The molecule has 0 aliphatic heterocycles. The molecule has 0 radical (unpaired) electrons. The molecule has 0 aliphatic rings. The maximum Gasteiger partial charge on any atom is 0.326 e. The van der Waals surface area contributed by atoms with E-state index in [2.05, 4.69) is 10.6 Å². The lowest BCUT2D eigenvalue weighted by Gasteiger charge is -2.14. The summed E-state index contributed by atoms with van der Waals surface area (Å²) in [5.74, 6) is -0.429. The zero-order chi connectivity index (χ0) is 15.0. The number of nitrogens with one attached hydrogen (secondary N) is 2. The molecule has 0 bridgehead atoms. The van der Waals surface area contributed by atoms with E-state index in [-0.39, 0.29) is 0 Å². The summed E-state index contributed by atoms with van der Waals surface area (Å²) in [6, 6.07) is 6.81. The number of hydrogen-bond donors (Lipinski definition) is 3. The van der Waals surface area contributed by atoms with Crippen molar-refractivity contribution in [2.24, 2.45) is 0 Å². The van der Waals surface area contributed by atoms with Gasteiger partial charge < -0.3 is 15.7 Å². The molecule has 2 amide bonds. The number of thioether (sulfide) groups is 1. The second-order valence-corrected chi connectivity index (χ2v) is 4.95. The van der Waals surface area contributed by atoms with E-state index in [1.807, 2.05) is 12.3 Å². The van der Waals surface area contributed by atoms with Crippen molar-refractivity contribution in [3.63, 3.8) is 0 Å². The molecule has 1 aromatic carbocycles. The molecule has 6 nitrogen and oxygen atoms in total. The quantitative estimate of drug-likeness (QED) is 0.743. The maximum absolute atomic E-state index is 11.7. The summed E-state index contributed by atoms with van der Waals surface area (Å²) in [6.45, 7) is 0. The summed E-state index contributed by atoms with van der Waals surface area (Å²) in [6.07, 6.45) is 2.22. The van der Waals surface area contributed by atoms with Crippen LogP contribution in [-0.2, 0) is 4.79 Å². The van der Waals surface area contributed by atoms with Crippen LogP contribution in [0.25, 0.3) is 0 Å². The molecule has 20 heavy (non-hydrogen) atoms. The van der Waals surface area contributed by atoms with Gasteiger partial charge in [0.15, 0.2) is 0 Å². The Kier molecular flexibility index (Phi) is 6.40. The highest BCUT2D eigenvalue weighted by Crippen LogP contribution is 2.09. The zero-order valence-corrected chi connectivity index (χ0v) is 11.7. The monoisotopic (exact) mass is 293 g/mol. The predicted molar refractivity (Wildman–Crippen MR) is 77.7 cm³/mol. The molecule has 0 saturated heterocycles. The van der Waals surface area contributed by atoms with Crippen molar-refractivity contribution in [1.29, 1.82) is 5.26 Å². The first-order valence-electron chi connectivity index (χ1n) is 5.86. The zero-order valence-electron chi connectivity index (χ0n) is 10.9. The predicted octanol–water partition coefficient (Wildman–Crippen LogP) is 1.89. The Bertz CT molecular complexity index is 528. The van der Waals surface area contributed by atoms with E-state index in [0.717, 1.165) is 0 Å². The summed E-state index contributed by atoms with van der Waals surface area (Å²) in [4.78, 5) is 22.7. The lowest BCUT2D eigenvalue weighted by atomic mass is 10.2. The number of nitriles is 1.